The van der Waals surface area contributed by atoms with Crippen molar-refractivity contribution in [2.24, 2.45) is 0 Å². The maximum atomic E-state index is 13.1. The van der Waals surface area contributed by atoms with Crippen LogP contribution in [0.4, 0.5) is 15.8 Å². The van der Waals surface area contributed by atoms with Crippen LogP contribution in [-0.4, -0.2) is 12.5 Å². The van der Waals surface area contributed by atoms with E-state index in [0.29, 0.717) is 11.3 Å². The lowest BCUT2D eigenvalue weighted by Gasteiger charge is -2.12. The highest BCUT2D eigenvalue weighted by atomic mass is 35.5. The van der Waals surface area contributed by atoms with Crippen molar-refractivity contribution in [3.63, 3.8) is 0 Å². The predicted octanol–water partition coefficient (Wildman–Crippen LogP) is 4.55. The molecule has 5 heteroatoms. The van der Waals surface area contributed by atoms with Crippen molar-refractivity contribution in [2.75, 3.05) is 17.2 Å². The zero-order valence-corrected chi connectivity index (χ0v) is 12.4. The summed E-state index contributed by atoms with van der Waals surface area (Å²) in [6, 6.07) is 11.3. The molecular formula is C16H16ClFN2O. The van der Waals surface area contributed by atoms with E-state index in [0.717, 1.165) is 18.7 Å². The van der Waals surface area contributed by atoms with Gasteiger partial charge in [0.05, 0.1) is 10.6 Å². The van der Waals surface area contributed by atoms with Crippen LogP contribution in [0.5, 0.6) is 0 Å². The first-order chi connectivity index (χ1) is 10.1. The molecule has 0 heterocycles. The van der Waals surface area contributed by atoms with Crippen LogP contribution in [0.15, 0.2) is 42.5 Å². The molecule has 0 fully saturated rings. The van der Waals surface area contributed by atoms with Gasteiger partial charge in [0.2, 0.25) is 0 Å². The molecule has 2 aromatic rings. The van der Waals surface area contributed by atoms with Gasteiger partial charge in [0, 0.05) is 17.9 Å². The molecule has 0 radical (unpaired) electrons. The van der Waals surface area contributed by atoms with Crippen LogP contribution in [0.2, 0.25) is 5.02 Å². The molecule has 3 nitrogen and oxygen atoms in total. The molecule has 0 aromatic heterocycles. The number of carbonyl (C=O) groups excluding carboxylic acids is 1. The predicted molar refractivity (Wildman–Crippen MR) is 84.6 cm³/mol. The number of carbonyl (C=O) groups is 1. The molecule has 2 rings (SSSR count). The Labute approximate surface area is 128 Å². The van der Waals surface area contributed by atoms with Crippen LogP contribution >= 0.6 is 11.6 Å². The van der Waals surface area contributed by atoms with Gasteiger partial charge in [-0.2, -0.15) is 0 Å². The van der Waals surface area contributed by atoms with Gasteiger partial charge >= 0.3 is 0 Å². The first-order valence-corrected chi connectivity index (χ1v) is 7.09. The van der Waals surface area contributed by atoms with Crippen LogP contribution < -0.4 is 10.6 Å². The van der Waals surface area contributed by atoms with E-state index in [9.17, 15) is 9.18 Å². The van der Waals surface area contributed by atoms with E-state index in [4.69, 9.17) is 11.6 Å². The molecule has 0 aliphatic rings. The Balaban J connectivity index is 2.18. The Bertz CT molecular complexity index is 646. The standard InChI is InChI=1S/C16H16ClFN2O/c1-2-9-19-15-6-4-3-5-12(15)16(21)20-11-7-8-14(18)13(17)10-11/h3-8,10,19H,2,9H2,1H3,(H,20,21). The summed E-state index contributed by atoms with van der Waals surface area (Å²) in [7, 11) is 0. The molecule has 2 N–H and O–H groups in total. The number of benzene rings is 2. The summed E-state index contributed by atoms with van der Waals surface area (Å²) in [4.78, 5) is 12.3. The molecular weight excluding hydrogens is 291 g/mol. The SMILES string of the molecule is CCCNc1ccccc1C(=O)Nc1ccc(F)c(Cl)c1. The van der Waals surface area contributed by atoms with E-state index in [-0.39, 0.29) is 10.9 Å². The van der Waals surface area contributed by atoms with Crippen molar-refractivity contribution < 1.29 is 9.18 Å². The topological polar surface area (TPSA) is 41.1 Å². The summed E-state index contributed by atoms with van der Waals surface area (Å²) in [5.74, 6) is -0.781. The molecule has 0 spiro atoms. The van der Waals surface area contributed by atoms with Gasteiger partial charge in [0.25, 0.3) is 5.91 Å². The molecule has 0 bridgehead atoms. The van der Waals surface area contributed by atoms with Gasteiger partial charge in [-0.25, -0.2) is 4.39 Å². The minimum absolute atomic E-state index is 0.0230. The minimum atomic E-state index is -0.514. The maximum absolute atomic E-state index is 13.1. The molecule has 0 saturated carbocycles. The number of nitrogens with one attached hydrogen (secondary N) is 2. The van der Waals surface area contributed by atoms with E-state index < -0.39 is 5.82 Å². The summed E-state index contributed by atoms with van der Waals surface area (Å²) < 4.78 is 13.1. The van der Waals surface area contributed by atoms with Crippen LogP contribution in [0.25, 0.3) is 0 Å². The van der Waals surface area contributed by atoms with Crippen LogP contribution in [0, 0.1) is 5.82 Å². The fourth-order valence-corrected chi connectivity index (χ4v) is 2.05. The molecule has 0 saturated heterocycles. The van der Waals surface area contributed by atoms with E-state index in [1.54, 1.807) is 12.1 Å². The number of hydrogen-bond acceptors (Lipinski definition) is 2. The second kappa shape index (κ2) is 7.09. The smallest absolute Gasteiger partial charge is 0.257 e. The van der Waals surface area contributed by atoms with Gasteiger partial charge in [0.1, 0.15) is 5.82 Å². The lowest BCUT2D eigenvalue weighted by atomic mass is 10.1. The van der Waals surface area contributed by atoms with Gasteiger partial charge < -0.3 is 10.6 Å². The summed E-state index contributed by atoms with van der Waals surface area (Å²) in [6.45, 7) is 2.84. The number of amides is 1. The molecule has 110 valence electrons. The Morgan fingerprint density at radius 2 is 2.00 bits per heavy atom. The van der Waals surface area contributed by atoms with Gasteiger partial charge in [-0.3, -0.25) is 4.79 Å². The number of para-hydroxylation sites is 1. The second-order valence-electron chi connectivity index (χ2n) is 4.56. The molecule has 1 amide bonds. The van der Waals surface area contributed by atoms with Crippen LogP contribution in [0.3, 0.4) is 0 Å². The van der Waals surface area contributed by atoms with Gasteiger partial charge in [-0.05, 0) is 36.8 Å². The molecule has 0 atom stereocenters. The van der Waals surface area contributed by atoms with Gasteiger partial charge in [-0.1, -0.05) is 30.7 Å². The number of rotatable bonds is 5. The van der Waals surface area contributed by atoms with E-state index in [2.05, 4.69) is 17.6 Å². The number of halogens is 2. The Morgan fingerprint density at radius 1 is 1.24 bits per heavy atom. The minimum Gasteiger partial charge on any atom is -0.384 e. The molecule has 0 aliphatic heterocycles. The summed E-state index contributed by atoms with van der Waals surface area (Å²) in [6.07, 6.45) is 0.962. The lowest BCUT2D eigenvalue weighted by Crippen LogP contribution is -2.15. The average Bonchev–Trinajstić information content (AvgIpc) is 2.49. The Hall–Kier alpha value is -2.07. The lowest BCUT2D eigenvalue weighted by molar-refractivity contribution is 0.102. The Morgan fingerprint density at radius 3 is 2.71 bits per heavy atom. The monoisotopic (exact) mass is 306 g/mol. The first kappa shape index (κ1) is 15.3. The van der Waals surface area contributed by atoms with Gasteiger partial charge in [0.15, 0.2) is 0 Å². The van der Waals surface area contributed by atoms with Crippen LogP contribution in [-0.2, 0) is 0 Å². The average molecular weight is 307 g/mol. The highest BCUT2D eigenvalue weighted by molar-refractivity contribution is 6.31. The normalized spacial score (nSPS) is 10.2. The number of anilines is 2. The van der Waals surface area contributed by atoms with Crippen molar-refractivity contribution >= 4 is 28.9 Å². The fourth-order valence-electron chi connectivity index (χ4n) is 1.87. The van der Waals surface area contributed by atoms with Crippen molar-refractivity contribution in [3.05, 3.63) is 58.9 Å². The second-order valence-corrected chi connectivity index (χ2v) is 4.96. The highest BCUT2D eigenvalue weighted by Crippen LogP contribution is 2.21. The third-order valence-electron chi connectivity index (χ3n) is 2.91. The largest absolute Gasteiger partial charge is 0.384 e. The van der Waals surface area contributed by atoms with E-state index in [1.807, 2.05) is 12.1 Å². The van der Waals surface area contributed by atoms with E-state index in [1.165, 1.54) is 18.2 Å². The molecule has 0 aliphatic carbocycles. The fraction of sp³-hybridized carbons (Fsp3) is 0.188. The maximum Gasteiger partial charge on any atom is 0.257 e. The van der Waals surface area contributed by atoms with Crippen molar-refractivity contribution in [3.8, 4) is 0 Å². The zero-order valence-electron chi connectivity index (χ0n) is 11.6. The first-order valence-electron chi connectivity index (χ1n) is 6.71. The third-order valence-corrected chi connectivity index (χ3v) is 3.20. The third kappa shape index (κ3) is 3.95. The van der Waals surface area contributed by atoms with Crippen LogP contribution in [0.1, 0.15) is 23.7 Å². The van der Waals surface area contributed by atoms with Gasteiger partial charge in [-0.15, -0.1) is 0 Å². The van der Waals surface area contributed by atoms with E-state index >= 15 is 0 Å². The Kier molecular flexibility index (Phi) is 5.17. The quantitative estimate of drug-likeness (QED) is 0.850. The zero-order chi connectivity index (χ0) is 15.2. The highest BCUT2D eigenvalue weighted by Gasteiger charge is 2.11. The summed E-state index contributed by atoms with van der Waals surface area (Å²) in [5, 5.41) is 5.89. The van der Waals surface area contributed by atoms with Crippen molar-refractivity contribution in [1.82, 2.24) is 0 Å². The summed E-state index contributed by atoms with van der Waals surface area (Å²) >= 11 is 5.70. The summed E-state index contributed by atoms with van der Waals surface area (Å²) in [5.41, 5.74) is 1.76. The molecule has 21 heavy (non-hydrogen) atoms. The molecule has 2 aromatic carbocycles. The number of hydrogen-bond donors (Lipinski definition) is 2. The van der Waals surface area contributed by atoms with Crippen molar-refractivity contribution in [2.45, 2.75) is 13.3 Å². The molecule has 0 unspecified atom stereocenters. The van der Waals surface area contributed by atoms with Crippen molar-refractivity contribution in [1.29, 1.82) is 0 Å².